The summed E-state index contributed by atoms with van der Waals surface area (Å²) in [5.41, 5.74) is -1.46. The van der Waals surface area contributed by atoms with Gasteiger partial charge < -0.3 is 9.80 Å². The van der Waals surface area contributed by atoms with E-state index in [0.717, 1.165) is 31.5 Å². The molecule has 7 nitrogen and oxygen atoms in total. The summed E-state index contributed by atoms with van der Waals surface area (Å²) in [6.07, 6.45) is -1.29. The van der Waals surface area contributed by atoms with E-state index in [1.165, 1.54) is 6.42 Å². The van der Waals surface area contributed by atoms with Gasteiger partial charge in [0.15, 0.2) is 0 Å². The molecule has 2 aliphatic rings. The van der Waals surface area contributed by atoms with Gasteiger partial charge in [-0.05, 0) is 38.4 Å². The molecular weight excluding hydrogens is 389 g/mol. The van der Waals surface area contributed by atoms with E-state index in [-0.39, 0.29) is 11.6 Å². The van der Waals surface area contributed by atoms with Gasteiger partial charge >= 0.3 is 6.18 Å². The molecule has 0 aromatic heterocycles. The normalized spacial score (nSPS) is 21.3. The lowest BCUT2D eigenvalue weighted by Gasteiger charge is -2.38. The maximum absolute atomic E-state index is 12.9. The minimum absolute atomic E-state index is 0.0281. The fourth-order valence-electron chi connectivity index (χ4n) is 3.98. The summed E-state index contributed by atoms with van der Waals surface area (Å²) >= 11 is 0. The molecule has 1 aromatic carbocycles. The summed E-state index contributed by atoms with van der Waals surface area (Å²) < 4.78 is 38.6. The fraction of sp³-hybridized carbons (Fsp3) is 0.632. The van der Waals surface area contributed by atoms with Crippen molar-refractivity contribution in [1.82, 2.24) is 9.80 Å². The average molecular weight is 414 g/mol. The topological polar surface area (TPSA) is 69.9 Å². The van der Waals surface area contributed by atoms with Crippen LogP contribution < -0.4 is 4.90 Å². The zero-order valence-corrected chi connectivity index (χ0v) is 16.3. The number of halogens is 3. The molecule has 1 atom stereocenters. The van der Waals surface area contributed by atoms with Gasteiger partial charge in [0.2, 0.25) is 5.91 Å². The second kappa shape index (κ2) is 8.56. The zero-order chi connectivity index (χ0) is 21.2. The molecule has 3 rings (SSSR count). The number of piperazine rings is 1. The lowest BCUT2D eigenvalue weighted by molar-refractivity contribution is -0.384. The molecule has 2 heterocycles. The number of benzene rings is 1. The molecule has 10 heteroatoms. The largest absolute Gasteiger partial charge is 0.416 e. The summed E-state index contributed by atoms with van der Waals surface area (Å²) in [5.74, 6) is 0.0281. The molecule has 2 saturated heterocycles. The number of alkyl halides is 3. The minimum atomic E-state index is -4.64. The molecule has 0 saturated carbocycles. The molecule has 160 valence electrons. The maximum Gasteiger partial charge on any atom is 0.416 e. The van der Waals surface area contributed by atoms with Gasteiger partial charge in [-0.3, -0.25) is 19.8 Å². The number of nitrogens with zero attached hydrogens (tertiary/aromatic N) is 4. The number of hydrogen-bond acceptors (Lipinski definition) is 5. The molecule has 0 aliphatic carbocycles. The van der Waals surface area contributed by atoms with Crippen LogP contribution in [0.1, 0.15) is 31.7 Å². The van der Waals surface area contributed by atoms with Crippen molar-refractivity contribution in [2.24, 2.45) is 0 Å². The van der Waals surface area contributed by atoms with Crippen molar-refractivity contribution >= 4 is 17.3 Å². The lowest BCUT2D eigenvalue weighted by atomic mass is 10.0. The summed E-state index contributed by atoms with van der Waals surface area (Å²) in [5, 5.41) is 11.3. The third-order valence-corrected chi connectivity index (χ3v) is 5.75. The standard InChI is InChI=1S/C19H25F3N4O3/c1-14-4-2-3-7-25(14)13-18(27)24-10-8-23(9-11-24)16-6-5-15(19(20,21)22)12-17(16)26(28)29/h5-6,12,14H,2-4,7-11,13H2,1H3/t14-/m0/s1. The number of amides is 1. The quantitative estimate of drug-likeness (QED) is 0.559. The molecule has 2 fully saturated rings. The average Bonchev–Trinajstić information content (AvgIpc) is 2.68. The van der Waals surface area contributed by atoms with Crippen LogP contribution in [0.15, 0.2) is 18.2 Å². The van der Waals surface area contributed by atoms with Crippen molar-refractivity contribution in [2.45, 2.75) is 38.4 Å². The van der Waals surface area contributed by atoms with E-state index in [4.69, 9.17) is 0 Å². The van der Waals surface area contributed by atoms with Crippen molar-refractivity contribution in [3.63, 3.8) is 0 Å². The first-order chi connectivity index (χ1) is 13.7. The van der Waals surface area contributed by atoms with Crippen LogP contribution in [0.25, 0.3) is 0 Å². The molecule has 0 spiro atoms. The number of hydrogen-bond donors (Lipinski definition) is 0. The highest BCUT2D eigenvalue weighted by Gasteiger charge is 2.34. The van der Waals surface area contributed by atoms with Crippen molar-refractivity contribution in [1.29, 1.82) is 0 Å². The van der Waals surface area contributed by atoms with Crippen molar-refractivity contribution in [3.05, 3.63) is 33.9 Å². The van der Waals surface area contributed by atoms with Gasteiger partial charge in [-0.1, -0.05) is 6.42 Å². The molecule has 0 unspecified atom stereocenters. The smallest absolute Gasteiger partial charge is 0.362 e. The maximum atomic E-state index is 12.9. The van der Waals surface area contributed by atoms with Gasteiger partial charge in [0.05, 0.1) is 17.0 Å². The molecule has 1 amide bonds. The number of nitro groups is 1. The van der Waals surface area contributed by atoms with E-state index in [2.05, 4.69) is 11.8 Å². The summed E-state index contributed by atoms with van der Waals surface area (Å²) in [6.45, 7) is 4.85. The number of piperidine rings is 1. The van der Waals surface area contributed by atoms with Crippen LogP contribution in [0.2, 0.25) is 0 Å². The highest BCUT2D eigenvalue weighted by molar-refractivity contribution is 5.79. The minimum Gasteiger partial charge on any atom is -0.362 e. The van der Waals surface area contributed by atoms with Crippen LogP contribution in [-0.2, 0) is 11.0 Å². The second-order valence-corrected chi connectivity index (χ2v) is 7.64. The summed E-state index contributed by atoms with van der Waals surface area (Å²) in [7, 11) is 0. The van der Waals surface area contributed by atoms with Gasteiger partial charge in [0, 0.05) is 38.3 Å². The van der Waals surface area contributed by atoms with E-state index in [0.29, 0.717) is 44.8 Å². The highest BCUT2D eigenvalue weighted by Crippen LogP contribution is 2.36. The van der Waals surface area contributed by atoms with E-state index in [9.17, 15) is 28.1 Å². The molecule has 1 aromatic rings. The van der Waals surface area contributed by atoms with Crippen molar-refractivity contribution in [3.8, 4) is 0 Å². The van der Waals surface area contributed by atoms with Crippen LogP contribution >= 0.6 is 0 Å². The van der Waals surface area contributed by atoms with E-state index in [1.807, 2.05) is 0 Å². The van der Waals surface area contributed by atoms with Gasteiger partial charge in [-0.2, -0.15) is 13.2 Å². The SMILES string of the molecule is C[C@H]1CCCCN1CC(=O)N1CCN(c2ccc(C(F)(F)F)cc2[N+](=O)[O-])CC1. The first-order valence-corrected chi connectivity index (χ1v) is 9.79. The monoisotopic (exact) mass is 414 g/mol. The van der Waals surface area contributed by atoms with Crippen LogP contribution in [0.5, 0.6) is 0 Å². The summed E-state index contributed by atoms with van der Waals surface area (Å²) in [4.78, 5) is 28.7. The van der Waals surface area contributed by atoms with E-state index < -0.39 is 22.4 Å². The Labute approximate surface area is 167 Å². The van der Waals surface area contributed by atoms with Crippen molar-refractivity contribution in [2.75, 3.05) is 44.2 Å². The zero-order valence-electron chi connectivity index (χ0n) is 16.3. The van der Waals surface area contributed by atoms with Crippen LogP contribution in [-0.4, -0.2) is 65.9 Å². The van der Waals surface area contributed by atoms with Crippen LogP contribution in [0, 0.1) is 10.1 Å². The van der Waals surface area contributed by atoms with Gasteiger partial charge in [0.1, 0.15) is 5.69 Å². The fourth-order valence-corrected chi connectivity index (χ4v) is 3.98. The Morgan fingerprint density at radius 1 is 1.17 bits per heavy atom. The number of anilines is 1. The van der Waals surface area contributed by atoms with Crippen molar-refractivity contribution < 1.29 is 22.9 Å². The highest BCUT2D eigenvalue weighted by atomic mass is 19.4. The Morgan fingerprint density at radius 3 is 2.45 bits per heavy atom. The van der Waals surface area contributed by atoms with Gasteiger partial charge in [0.25, 0.3) is 5.69 Å². The molecule has 0 bridgehead atoms. The molecule has 2 aliphatic heterocycles. The predicted molar refractivity (Wildman–Crippen MR) is 102 cm³/mol. The molecule has 0 N–H and O–H groups in total. The Bertz CT molecular complexity index is 764. The second-order valence-electron chi connectivity index (χ2n) is 7.64. The summed E-state index contributed by atoms with van der Waals surface area (Å²) in [6, 6.07) is 2.96. The first-order valence-electron chi connectivity index (χ1n) is 9.79. The number of rotatable bonds is 4. The van der Waals surface area contributed by atoms with Gasteiger partial charge in [-0.15, -0.1) is 0 Å². The third kappa shape index (κ3) is 4.98. The first kappa shape index (κ1) is 21.4. The Kier molecular flexibility index (Phi) is 6.30. The van der Waals surface area contributed by atoms with Gasteiger partial charge in [-0.25, -0.2) is 0 Å². The molecule has 0 radical (unpaired) electrons. The van der Waals surface area contributed by atoms with Crippen LogP contribution in [0.3, 0.4) is 0 Å². The van der Waals surface area contributed by atoms with E-state index >= 15 is 0 Å². The number of carbonyl (C=O) groups is 1. The Morgan fingerprint density at radius 2 is 1.86 bits per heavy atom. The number of likely N-dealkylation sites (tertiary alicyclic amines) is 1. The number of nitro benzene ring substituents is 1. The predicted octanol–water partition coefficient (Wildman–Crippen LogP) is 3.14. The third-order valence-electron chi connectivity index (χ3n) is 5.75. The van der Waals surface area contributed by atoms with E-state index in [1.54, 1.807) is 9.80 Å². The number of carbonyl (C=O) groups excluding carboxylic acids is 1. The Hall–Kier alpha value is -2.36. The molecule has 29 heavy (non-hydrogen) atoms. The Balaban J connectivity index is 1.64. The van der Waals surface area contributed by atoms with Crippen LogP contribution in [0.4, 0.5) is 24.5 Å². The lowest BCUT2D eigenvalue weighted by Crippen LogP contribution is -2.52. The molecular formula is C19H25F3N4O3.